The molecule has 6 nitrogen and oxygen atoms in total. The molecule has 1 aliphatic carbocycles. The van der Waals surface area contributed by atoms with Crippen LogP contribution in [0.15, 0.2) is 0 Å². The van der Waals surface area contributed by atoms with Crippen molar-refractivity contribution in [3.63, 3.8) is 0 Å². The zero-order valence-electron chi connectivity index (χ0n) is 14.2. The molecule has 2 fully saturated rings. The Kier molecular flexibility index (Phi) is 5.00. The van der Waals surface area contributed by atoms with E-state index >= 15 is 0 Å². The highest BCUT2D eigenvalue weighted by Crippen LogP contribution is 2.35. The van der Waals surface area contributed by atoms with Crippen molar-refractivity contribution < 1.29 is 19.1 Å². The van der Waals surface area contributed by atoms with Crippen molar-refractivity contribution in [2.24, 2.45) is 5.92 Å². The number of nitrogens with zero attached hydrogens (tertiary/aromatic N) is 1. The minimum atomic E-state index is -0.548. The van der Waals surface area contributed by atoms with Gasteiger partial charge in [-0.2, -0.15) is 0 Å². The normalized spacial score (nSPS) is 24.2. The fourth-order valence-electron chi connectivity index (χ4n) is 2.83. The quantitative estimate of drug-likeness (QED) is 0.842. The molecule has 3 atom stereocenters. The van der Waals surface area contributed by atoms with Crippen LogP contribution in [-0.2, 0) is 14.3 Å². The lowest BCUT2D eigenvalue weighted by Gasteiger charge is -2.40. The third-order valence-corrected chi connectivity index (χ3v) is 4.17. The highest BCUT2D eigenvalue weighted by molar-refractivity contribution is 5.87. The second-order valence-electron chi connectivity index (χ2n) is 7.31. The monoisotopic (exact) mass is 312 g/mol. The van der Waals surface area contributed by atoms with Crippen molar-refractivity contribution in [3.8, 4) is 0 Å². The van der Waals surface area contributed by atoms with E-state index in [1.807, 2.05) is 27.7 Å². The Morgan fingerprint density at radius 3 is 2.27 bits per heavy atom. The van der Waals surface area contributed by atoms with Gasteiger partial charge in [-0.3, -0.25) is 9.69 Å². The Hall–Kier alpha value is -1.30. The molecule has 2 rings (SSSR count). The number of carbonyl (C=O) groups is 2. The van der Waals surface area contributed by atoms with Gasteiger partial charge in [0.1, 0.15) is 11.6 Å². The Morgan fingerprint density at radius 1 is 1.23 bits per heavy atom. The lowest BCUT2D eigenvalue weighted by Crippen LogP contribution is -2.61. The summed E-state index contributed by atoms with van der Waals surface area (Å²) in [6, 6.07) is -0.472. The van der Waals surface area contributed by atoms with Crippen LogP contribution in [0.1, 0.15) is 47.0 Å². The first-order valence-corrected chi connectivity index (χ1v) is 8.05. The minimum Gasteiger partial charge on any atom is -0.444 e. The maximum atomic E-state index is 12.4. The number of ether oxygens (including phenoxy) is 2. The molecule has 2 aliphatic rings. The van der Waals surface area contributed by atoms with E-state index < -0.39 is 17.7 Å². The topological polar surface area (TPSA) is 67.9 Å². The van der Waals surface area contributed by atoms with Crippen LogP contribution in [0.5, 0.6) is 0 Å². The molecule has 1 heterocycles. The van der Waals surface area contributed by atoms with Crippen molar-refractivity contribution >= 4 is 12.0 Å². The molecule has 1 aliphatic heterocycles. The smallest absolute Gasteiger partial charge is 0.410 e. The van der Waals surface area contributed by atoms with Gasteiger partial charge in [-0.15, -0.1) is 0 Å². The first-order valence-electron chi connectivity index (χ1n) is 8.05. The van der Waals surface area contributed by atoms with Crippen LogP contribution < -0.4 is 5.32 Å². The predicted octanol–water partition coefficient (Wildman–Crippen LogP) is 1.93. The maximum Gasteiger partial charge on any atom is 0.410 e. The average Bonchev–Trinajstić information content (AvgIpc) is 3.09. The lowest BCUT2D eigenvalue weighted by atomic mass is 10.0. The zero-order valence-corrected chi connectivity index (χ0v) is 14.2. The van der Waals surface area contributed by atoms with Gasteiger partial charge in [0.05, 0.1) is 12.1 Å². The zero-order chi connectivity index (χ0) is 16.5. The Labute approximate surface area is 132 Å². The van der Waals surface area contributed by atoms with Crippen molar-refractivity contribution in [1.82, 2.24) is 10.2 Å². The fourth-order valence-corrected chi connectivity index (χ4v) is 2.83. The minimum absolute atomic E-state index is 0.0499. The summed E-state index contributed by atoms with van der Waals surface area (Å²) in [4.78, 5) is 25.9. The summed E-state index contributed by atoms with van der Waals surface area (Å²) in [6.45, 7) is 7.99. The van der Waals surface area contributed by atoms with Gasteiger partial charge in [0, 0.05) is 13.7 Å². The Balaban J connectivity index is 1.85. The Bertz CT molecular complexity index is 428. The molecule has 2 amide bonds. The van der Waals surface area contributed by atoms with Crippen LogP contribution in [-0.4, -0.2) is 54.3 Å². The van der Waals surface area contributed by atoms with E-state index in [2.05, 4.69) is 5.32 Å². The molecular weight excluding hydrogens is 284 g/mol. The predicted molar refractivity (Wildman–Crippen MR) is 82.5 cm³/mol. The lowest BCUT2D eigenvalue weighted by molar-refractivity contribution is -0.132. The van der Waals surface area contributed by atoms with Gasteiger partial charge in [-0.1, -0.05) is 0 Å². The van der Waals surface area contributed by atoms with Crippen LogP contribution in [0.3, 0.4) is 0 Å². The first-order chi connectivity index (χ1) is 10.2. The highest BCUT2D eigenvalue weighted by Gasteiger charge is 2.42. The summed E-state index contributed by atoms with van der Waals surface area (Å²) in [6.07, 6.45) is 2.63. The SMILES string of the molecule is CO[C@H](C1CC1)[C@H](C)NC(=O)[C@H]1CCN1C(=O)OC(C)(C)C. The standard InChI is InChI=1S/C16H28N2O4/c1-10(13(21-5)11-6-7-11)17-14(19)12-8-9-18(12)15(20)22-16(2,3)4/h10-13H,6-9H2,1-5H3,(H,17,19)/t10-,12+,13-/m0/s1. The number of methoxy groups -OCH3 is 1. The van der Waals surface area contributed by atoms with Gasteiger partial charge >= 0.3 is 6.09 Å². The van der Waals surface area contributed by atoms with Gasteiger partial charge in [0.25, 0.3) is 0 Å². The van der Waals surface area contributed by atoms with Gasteiger partial charge in [0.2, 0.25) is 5.91 Å². The summed E-state index contributed by atoms with van der Waals surface area (Å²) in [5.41, 5.74) is -0.548. The Morgan fingerprint density at radius 2 is 1.86 bits per heavy atom. The summed E-state index contributed by atoms with van der Waals surface area (Å²) < 4.78 is 10.8. The largest absolute Gasteiger partial charge is 0.444 e. The molecule has 0 bridgehead atoms. The molecule has 126 valence electrons. The average molecular weight is 312 g/mol. The van der Waals surface area contributed by atoms with E-state index in [4.69, 9.17) is 9.47 Å². The van der Waals surface area contributed by atoms with Gasteiger partial charge < -0.3 is 14.8 Å². The third-order valence-electron chi connectivity index (χ3n) is 4.17. The van der Waals surface area contributed by atoms with Crippen molar-refractivity contribution in [2.75, 3.05) is 13.7 Å². The second-order valence-corrected chi connectivity index (χ2v) is 7.31. The molecule has 0 aromatic rings. The number of nitrogens with one attached hydrogen (secondary N) is 1. The third kappa shape index (κ3) is 4.12. The highest BCUT2D eigenvalue weighted by atomic mass is 16.6. The van der Waals surface area contributed by atoms with Gasteiger partial charge in [-0.25, -0.2) is 4.79 Å². The molecule has 0 aromatic heterocycles. The summed E-state index contributed by atoms with van der Waals surface area (Å²) in [5.74, 6) is 0.427. The van der Waals surface area contributed by atoms with Crippen molar-refractivity contribution in [2.45, 2.75) is 70.7 Å². The number of hydrogen-bond donors (Lipinski definition) is 1. The van der Waals surface area contributed by atoms with Crippen molar-refractivity contribution in [3.05, 3.63) is 0 Å². The molecule has 22 heavy (non-hydrogen) atoms. The van der Waals surface area contributed by atoms with Crippen LogP contribution in [0, 0.1) is 5.92 Å². The van der Waals surface area contributed by atoms with Crippen LogP contribution in [0.4, 0.5) is 4.79 Å². The maximum absolute atomic E-state index is 12.4. The van der Waals surface area contributed by atoms with E-state index in [9.17, 15) is 9.59 Å². The van der Waals surface area contributed by atoms with Crippen LogP contribution in [0.25, 0.3) is 0 Å². The van der Waals surface area contributed by atoms with E-state index in [-0.39, 0.29) is 18.1 Å². The number of carbonyl (C=O) groups excluding carboxylic acids is 2. The summed E-state index contributed by atoms with van der Waals surface area (Å²) in [5, 5.41) is 2.99. The van der Waals surface area contributed by atoms with Gasteiger partial charge in [-0.05, 0) is 52.9 Å². The van der Waals surface area contributed by atoms with Crippen LogP contribution in [0.2, 0.25) is 0 Å². The number of hydrogen-bond acceptors (Lipinski definition) is 4. The number of likely N-dealkylation sites (tertiary alicyclic amines) is 1. The molecule has 1 saturated carbocycles. The number of amides is 2. The summed E-state index contributed by atoms with van der Waals surface area (Å²) in [7, 11) is 1.68. The molecule has 0 aromatic carbocycles. The van der Waals surface area contributed by atoms with E-state index in [0.29, 0.717) is 18.9 Å². The molecule has 1 N–H and O–H groups in total. The van der Waals surface area contributed by atoms with Gasteiger partial charge in [0.15, 0.2) is 0 Å². The molecule has 0 unspecified atom stereocenters. The van der Waals surface area contributed by atoms with E-state index in [1.165, 1.54) is 4.90 Å². The molecule has 0 spiro atoms. The van der Waals surface area contributed by atoms with E-state index in [1.54, 1.807) is 7.11 Å². The van der Waals surface area contributed by atoms with Crippen molar-refractivity contribution in [1.29, 1.82) is 0 Å². The van der Waals surface area contributed by atoms with E-state index in [0.717, 1.165) is 12.8 Å². The second kappa shape index (κ2) is 6.44. The number of rotatable bonds is 5. The first kappa shape index (κ1) is 17.1. The molecule has 6 heteroatoms. The van der Waals surface area contributed by atoms with Crippen LogP contribution >= 0.6 is 0 Å². The molecule has 1 saturated heterocycles. The summed E-state index contributed by atoms with van der Waals surface area (Å²) >= 11 is 0. The molecule has 0 radical (unpaired) electrons. The fraction of sp³-hybridized carbons (Fsp3) is 0.875. The molecular formula is C16H28N2O4.